The molecule has 0 aromatic heterocycles. The number of hydrogen-bond acceptors (Lipinski definition) is 4. The number of nitrogens with one attached hydrogen (secondary N) is 3. The number of hydrogen-bond donors (Lipinski definition) is 5. The second-order valence-electron chi connectivity index (χ2n) is 4.51. The van der Waals surface area contributed by atoms with E-state index in [0.717, 1.165) is 0 Å². The predicted octanol–water partition coefficient (Wildman–Crippen LogP) is -1.01. The summed E-state index contributed by atoms with van der Waals surface area (Å²) in [6.45, 7) is 3.95. The molecule has 0 aliphatic rings. The minimum Gasteiger partial charge on any atom is -0.481 e. The molecule has 0 saturated heterocycles. The average molecular weight is 289 g/mol. The zero-order chi connectivity index (χ0) is 15.7. The van der Waals surface area contributed by atoms with Gasteiger partial charge < -0.3 is 26.2 Å². The molecule has 0 rings (SSSR count). The van der Waals surface area contributed by atoms with E-state index in [1.807, 2.05) is 19.2 Å². The first kappa shape index (κ1) is 17.7. The summed E-state index contributed by atoms with van der Waals surface area (Å²) in [7, 11) is 0. The molecule has 0 saturated carbocycles. The van der Waals surface area contributed by atoms with Crippen LogP contribution in [-0.4, -0.2) is 53.2 Å². The Bertz CT molecular complexity index is 382. The predicted molar refractivity (Wildman–Crippen MR) is 68.1 cm³/mol. The van der Waals surface area contributed by atoms with E-state index in [2.05, 4.69) is 10.6 Å². The van der Waals surface area contributed by atoms with Crippen molar-refractivity contribution in [2.45, 2.75) is 26.3 Å². The molecule has 0 heterocycles. The summed E-state index contributed by atoms with van der Waals surface area (Å²) in [5, 5.41) is 23.9. The highest BCUT2D eigenvalue weighted by Gasteiger charge is 2.23. The second-order valence-corrected chi connectivity index (χ2v) is 4.51. The number of carbonyl (C=O) groups is 4. The lowest BCUT2D eigenvalue weighted by Crippen LogP contribution is -2.49. The number of amides is 3. The molecule has 9 nitrogen and oxygen atoms in total. The van der Waals surface area contributed by atoms with E-state index in [-0.39, 0.29) is 12.5 Å². The molecule has 20 heavy (non-hydrogen) atoms. The first-order valence-corrected chi connectivity index (χ1v) is 5.98. The molecule has 0 spiro atoms. The van der Waals surface area contributed by atoms with Crippen molar-refractivity contribution in [3.63, 3.8) is 0 Å². The fraction of sp³-hybridized carbons (Fsp3) is 0.636. The summed E-state index contributed by atoms with van der Waals surface area (Å²) in [6, 6.07) is -2.47. The topological polar surface area (TPSA) is 145 Å². The van der Waals surface area contributed by atoms with Crippen LogP contribution in [0.3, 0.4) is 0 Å². The first-order valence-electron chi connectivity index (χ1n) is 5.98. The van der Waals surface area contributed by atoms with Crippen LogP contribution in [-0.2, 0) is 14.4 Å². The Morgan fingerprint density at radius 1 is 1.05 bits per heavy atom. The molecule has 0 radical (unpaired) electrons. The SMILES string of the molecule is CC(C)CNC(=O)CNC(=O)N[C@@H](CC(=O)O)C(=O)O. The van der Waals surface area contributed by atoms with Crippen LogP contribution in [0.25, 0.3) is 0 Å². The minimum absolute atomic E-state index is 0.264. The third kappa shape index (κ3) is 8.72. The summed E-state index contributed by atoms with van der Waals surface area (Å²) in [5.74, 6) is -2.97. The van der Waals surface area contributed by atoms with E-state index >= 15 is 0 Å². The molecule has 1 atom stereocenters. The molecule has 0 aliphatic carbocycles. The number of carboxylic acids is 2. The van der Waals surface area contributed by atoms with Crippen LogP contribution < -0.4 is 16.0 Å². The summed E-state index contributed by atoms with van der Waals surface area (Å²) < 4.78 is 0. The summed E-state index contributed by atoms with van der Waals surface area (Å²) in [6.07, 6.45) is -0.748. The first-order chi connectivity index (χ1) is 9.22. The lowest BCUT2D eigenvalue weighted by atomic mass is 10.2. The van der Waals surface area contributed by atoms with Gasteiger partial charge in [0.1, 0.15) is 6.04 Å². The van der Waals surface area contributed by atoms with Gasteiger partial charge >= 0.3 is 18.0 Å². The standard InChI is InChI=1S/C11H19N3O6/c1-6(2)4-12-8(15)5-13-11(20)14-7(10(18)19)3-9(16)17/h6-7H,3-5H2,1-2H3,(H,12,15)(H,16,17)(H,18,19)(H2,13,14,20)/t7-/m0/s1. The van der Waals surface area contributed by atoms with E-state index in [4.69, 9.17) is 10.2 Å². The molecular formula is C11H19N3O6. The van der Waals surface area contributed by atoms with Gasteiger partial charge in [-0.2, -0.15) is 0 Å². The molecular weight excluding hydrogens is 270 g/mol. The molecule has 0 aromatic rings. The fourth-order valence-electron chi connectivity index (χ4n) is 1.12. The van der Waals surface area contributed by atoms with Crippen molar-refractivity contribution in [2.24, 2.45) is 5.92 Å². The Hall–Kier alpha value is -2.32. The Balaban J connectivity index is 4.10. The average Bonchev–Trinajstić information content (AvgIpc) is 2.32. The number of aliphatic carboxylic acids is 2. The van der Waals surface area contributed by atoms with Gasteiger partial charge in [-0.25, -0.2) is 9.59 Å². The molecule has 5 N–H and O–H groups in total. The third-order valence-corrected chi connectivity index (χ3v) is 2.10. The van der Waals surface area contributed by atoms with Gasteiger partial charge in [-0.05, 0) is 5.92 Å². The quantitative estimate of drug-likeness (QED) is 0.387. The van der Waals surface area contributed by atoms with Crippen LogP contribution in [0.2, 0.25) is 0 Å². The number of carbonyl (C=O) groups excluding carboxylic acids is 2. The van der Waals surface area contributed by atoms with Gasteiger partial charge in [-0.1, -0.05) is 13.8 Å². The number of rotatable bonds is 8. The smallest absolute Gasteiger partial charge is 0.326 e. The zero-order valence-electron chi connectivity index (χ0n) is 11.3. The van der Waals surface area contributed by atoms with Gasteiger partial charge in [-0.15, -0.1) is 0 Å². The van der Waals surface area contributed by atoms with Crippen molar-refractivity contribution in [2.75, 3.05) is 13.1 Å². The van der Waals surface area contributed by atoms with Crippen LogP contribution >= 0.6 is 0 Å². The molecule has 114 valence electrons. The van der Waals surface area contributed by atoms with Crippen LogP contribution in [0.4, 0.5) is 4.79 Å². The fourth-order valence-corrected chi connectivity index (χ4v) is 1.12. The van der Waals surface area contributed by atoms with E-state index in [0.29, 0.717) is 6.54 Å². The Morgan fingerprint density at radius 3 is 2.10 bits per heavy atom. The highest BCUT2D eigenvalue weighted by Crippen LogP contribution is 1.92. The Kier molecular flexibility index (Phi) is 7.71. The number of carboxylic acid groups (broad SMARTS) is 2. The maximum Gasteiger partial charge on any atom is 0.326 e. The van der Waals surface area contributed by atoms with Crippen LogP contribution in [0.15, 0.2) is 0 Å². The van der Waals surface area contributed by atoms with Crippen molar-refractivity contribution >= 4 is 23.9 Å². The zero-order valence-corrected chi connectivity index (χ0v) is 11.3. The van der Waals surface area contributed by atoms with Crippen molar-refractivity contribution in [1.82, 2.24) is 16.0 Å². The Morgan fingerprint density at radius 2 is 1.65 bits per heavy atom. The maximum atomic E-state index is 11.3. The number of urea groups is 1. The van der Waals surface area contributed by atoms with Gasteiger partial charge in [0.25, 0.3) is 0 Å². The van der Waals surface area contributed by atoms with Gasteiger partial charge in [0.05, 0.1) is 13.0 Å². The largest absolute Gasteiger partial charge is 0.481 e. The van der Waals surface area contributed by atoms with Gasteiger partial charge in [0, 0.05) is 6.54 Å². The highest BCUT2D eigenvalue weighted by molar-refractivity contribution is 5.88. The molecule has 0 bridgehead atoms. The molecule has 9 heteroatoms. The van der Waals surface area contributed by atoms with Crippen molar-refractivity contribution in [3.8, 4) is 0 Å². The van der Waals surface area contributed by atoms with E-state index < -0.39 is 36.3 Å². The third-order valence-electron chi connectivity index (χ3n) is 2.10. The second kappa shape index (κ2) is 8.73. The van der Waals surface area contributed by atoms with E-state index in [1.54, 1.807) is 0 Å². The Labute approximate surface area is 115 Å². The normalized spacial score (nSPS) is 11.6. The highest BCUT2D eigenvalue weighted by atomic mass is 16.4. The van der Waals surface area contributed by atoms with Crippen molar-refractivity contribution < 1.29 is 29.4 Å². The lowest BCUT2D eigenvalue weighted by Gasteiger charge is -2.13. The summed E-state index contributed by atoms with van der Waals surface area (Å²) in [5.41, 5.74) is 0. The lowest BCUT2D eigenvalue weighted by molar-refractivity contribution is -0.145. The van der Waals surface area contributed by atoms with Crippen LogP contribution in [0.5, 0.6) is 0 Å². The molecule has 0 aromatic carbocycles. The summed E-state index contributed by atoms with van der Waals surface area (Å²) in [4.78, 5) is 43.7. The van der Waals surface area contributed by atoms with Crippen LogP contribution in [0.1, 0.15) is 20.3 Å². The van der Waals surface area contributed by atoms with Gasteiger partial charge in [0.15, 0.2) is 0 Å². The van der Waals surface area contributed by atoms with Crippen molar-refractivity contribution in [1.29, 1.82) is 0 Å². The minimum atomic E-state index is -1.55. The maximum absolute atomic E-state index is 11.3. The summed E-state index contributed by atoms with van der Waals surface area (Å²) >= 11 is 0. The van der Waals surface area contributed by atoms with Gasteiger partial charge in [0.2, 0.25) is 5.91 Å². The monoisotopic (exact) mass is 289 g/mol. The molecule has 0 aliphatic heterocycles. The van der Waals surface area contributed by atoms with Gasteiger partial charge in [-0.3, -0.25) is 9.59 Å². The van der Waals surface area contributed by atoms with Crippen LogP contribution in [0, 0.1) is 5.92 Å². The molecule has 0 unspecified atom stereocenters. The van der Waals surface area contributed by atoms with Crippen molar-refractivity contribution in [3.05, 3.63) is 0 Å². The molecule has 0 fully saturated rings. The van der Waals surface area contributed by atoms with E-state index in [1.165, 1.54) is 0 Å². The van der Waals surface area contributed by atoms with E-state index in [9.17, 15) is 19.2 Å². The molecule has 3 amide bonds.